The predicted octanol–water partition coefficient (Wildman–Crippen LogP) is -2.47. The summed E-state index contributed by atoms with van der Waals surface area (Å²) in [6.07, 6.45) is -3.18. The molecule has 0 aromatic carbocycles. The van der Waals surface area contributed by atoms with E-state index in [1.165, 1.54) is 13.1 Å². The summed E-state index contributed by atoms with van der Waals surface area (Å²) in [6.45, 7) is 0.824. The van der Waals surface area contributed by atoms with Gasteiger partial charge in [0.15, 0.2) is 5.82 Å². The number of nitrogens with one attached hydrogen (secondary N) is 1. The highest BCUT2D eigenvalue weighted by Crippen LogP contribution is 2.17. The lowest BCUT2D eigenvalue weighted by molar-refractivity contribution is -0.0788. The SMILES string of the molecule is CC(=NO)c1ncc([C@@H](O)[C@H](O)[C@H](O)CO)[nH]1.O. The van der Waals surface area contributed by atoms with Crippen molar-refractivity contribution in [1.82, 2.24) is 9.97 Å². The molecule has 1 aromatic rings. The Balaban J connectivity index is 0.00000289. The van der Waals surface area contributed by atoms with Crippen molar-refractivity contribution >= 4 is 5.71 Å². The molecule has 18 heavy (non-hydrogen) atoms. The van der Waals surface area contributed by atoms with Gasteiger partial charge in [0, 0.05) is 0 Å². The molecule has 0 fully saturated rings. The number of aromatic amines is 1. The summed E-state index contributed by atoms with van der Waals surface area (Å²) in [5, 5.41) is 48.3. The first-order valence-electron chi connectivity index (χ1n) is 4.90. The Hall–Kier alpha value is -1.52. The van der Waals surface area contributed by atoms with Crippen molar-refractivity contribution in [3.8, 4) is 0 Å². The summed E-state index contributed by atoms with van der Waals surface area (Å²) in [5.41, 5.74) is 0.351. The minimum atomic E-state index is -1.54. The molecule has 0 bridgehead atoms. The van der Waals surface area contributed by atoms with Gasteiger partial charge in [-0.05, 0) is 6.92 Å². The van der Waals surface area contributed by atoms with Crippen LogP contribution in [0.25, 0.3) is 0 Å². The second-order valence-electron chi connectivity index (χ2n) is 3.56. The van der Waals surface area contributed by atoms with Crippen LogP contribution in [0.2, 0.25) is 0 Å². The maximum Gasteiger partial charge on any atom is 0.155 e. The van der Waals surface area contributed by atoms with Gasteiger partial charge >= 0.3 is 0 Å². The van der Waals surface area contributed by atoms with Gasteiger partial charge in [0.05, 0.1) is 18.5 Å². The second-order valence-corrected chi connectivity index (χ2v) is 3.56. The summed E-state index contributed by atoms with van der Waals surface area (Å²) in [6, 6.07) is 0. The minimum Gasteiger partial charge on any atom is -0.412 e. The number of nitrogens with zero attached hydrogens (tertiary/aromatic N) is 2. The minimum absolute atomic E-state index is 0. The fraction of sp³-hybridized carbons (Fsp3) is 0.556. The maximum absolute atomic E-state index is 9.66. The Morgan fingerprint density at radius 2 is 2.06 bits per heavy atom. The van der Waals surface area contributed by atoms with Crippen molar-refractivity contribution in [3.63, 3.8) is 0 Å². The van der Waals surface area contributed by atoms with E-state index in [-0.39, 0.29) is 22.7 Å². The van der Waals surface area contributed by atoms with Crippen molar-refractivity contribution in [2.45, 2.75) is 25.2 Å². The van der Waals surface area contributed by atoms with Crippen LogP contribution in [-0.2, 0) is 0 Å². The van der Waals surface area contributed by atoms with Gasteiger partial charge in [0.25, 0.3) is 0 Å². The van der Waals surface area contributed by atoms with Crippen molar-refractivity contribution in [1.29, 1.82) is 0 Å². The molecule has 0 spiro atoms. The molecular weight excluding hydrogens is 246 g/mol. The Morgan fingerprint density at radius 1 is 1.44 bits per heavy atom. The number of hydrogen-bond acceptors (Lipinski definition) is 7. The summed E-state index contributed by atoms with van der Waals surface area (Å²) in [7, 11) is 0. The Bertz CT molecular complexity index is 393. The van der Waals surface area contributed by atoms with Crippen LogP contribution in [-0.4, -0.2) is 65.6 Å². The van der Waals surface area contributed by atoms with E-state index in [0.717, 1.165) is 0 Å². The van der Waals surface area contributed by atoms with Crippen LogP contribution in [0, 0.1) is 0 Å². The fourth-order valence-electron chi connectivity index (χ4n) is 1.22. The van der Waals surface area contributed by atoms with E-state index in [2.05, 4.69) is 15.1 Å². The van der Waals surface area contributed by atoms with E-state index in [9.17, 15) is 10.2 Å². The quantitative estimate of drug-likeness (QED) is 0.195. The first-order chi connectivity index (χ1) is 8.01. The summed E-state index contributed by atoms with van der Waals surface area (Å²) < 4.78 is 0. The lowest BCUT2D eigenvalue weighted by Gasteiger charge is -2.20. The van der Waals surface area contributed by atoms with Gasteiger partial charge in [-0.1, -0.05) is 5.16 Å². The number of oxime groups is 1. The van der Waals surface area contributed by atoms with Crippen molar-refractivity contribution in [2.75, 3.05) is 6.61 Å². The fourth-order valence-corrected chi connectivity index (χ4v) is 1.22. The monoisotopic (exact) mass is 263 g/mol. The average molecular weight is 263 g/mol. The molecule has 1 heterocycles. The molecule has 0 aliphatic rings. The Labute approximate surface area is 102 Å². The molecule has 0 aliphatic heterocycles. The molecule has 9 nitrogen and oxygen atoms in total. The number of H-pyrrole nitrogens is 1. The van der Waals surface area contributed by atoms with Crippen LogP contribution < -0.4 is 0 Å². The van der Waals surface area contributed by atoms with E-state index in [4.69, 9.17) is 15.4 Å². The van der Waals surface area contributed by atoms with Crippen LogP contribution >= 0.6 is 0 Å². The average Bonchev–Trinajstić information content (AvgIpc) is 2.84. The van der Waals surface area contributed by atoms with Crippen LogP contribution in [0.5, 0.6) is 0 Å². The number of aliphatic hydroxyl groups is 4. The molecule has 0 radical (unpaired) electrons. The van der Waals surface area contributed by atoms with Gasteiger partial charge in [0.1, 0.15) is 24.0 Å². The normalized spacial score (nSPS) is 16.8. The van der Waals surface area contributed by atoms with Crippen molar-refractivity contribution in [3.05, 3.63) is 17.7 Å². The molecule has 9 heteroatoms. The molecule has 0 saturated carbocycles. The third-order valence-electron chi connectivity index (χ3n) is 2.31. The van der Waals surface area contributed by atoms with E-state index in [1.807, 2.05) is 0 Å². The second kappa shape index (κ2) is 7.03. The van der Waals surface area contributed by atoms with E-state index < -0.39 is 24.9 Å². The van der Waals surface area contributed by atoms with Gasteiger partial charge < -0.3 is 36.1 Å². The van der Waals surface area contributed by atoms with Crippen molar-refractivity contribution in [2.24, 2.45) is 5.16 Å². The number of aliphatic hydroxyl groups excluding tert-OH is 4. The predicted molar refractivity (Wildman–Crippen MR) is 60.3 cm³/mol. The number of hydrogen-bond donors (Lipinski definition) is 6. The molecule has 3 atom stereocenters. The Morgan fingerprint density at radius 3 is 2.56 bits per heavy atom. The van der Waals surface area contributed by atoms with Crippen LogP contribution in [0.3, 0.4) is 0 Å². The first-order valence-corrected chi connectivity index (χ1v) is 4.90. The van der Waals surface area contributed by atoms with Crippen LogP contribution in [0.4, 0.5) is 0 Å². The maximum atomic E-state index is 9.66. The van der Waals surface area contributed by atoms with Crippen molar-refractivity contribution < 1.29 is 31.1 Å². The molecule has 0 unspecified atom stereocenters. The molecule has 104 valence electrons. The molecule has 1 rings (SSSR count). The smallest absolute Gasteiger partial charge is 0.155 e. The molecular formula is C9H17N3O6. The van der Waals surface area contributed by atoms with E-state index >= 15 is 0 Å². The lowest BCUT2D eigenvalue weighted by atomic mass is 10.1. The van der Waals surface area contributed by atoms with Crippen LogP contribution in [0.15, 0.2) is 11.4 Å². The van der Waals surface area contributed by atoms with Crippen LogP contribution in [0.1, 0.15) is 24.5 Å². The largest absolute Gasteiger partial charge is 0.412 e. The zero-order chi connectivity index (χ0) is 13.0. The highest BCUT2D eigenvalue weighted by atomic mass is 16.4. The third-order valence-corrected chi connectivity index (χ3v) is 2.31. The number of imidazole rings is 1. The highest BCUT2D eigenvalue weighted by Gasteiger charge is 2.27. The van der Waals surface area contributed by atoms with E-state index in [0.29, 0.717) is 0 Å². The van der Waals surface area contributed by atoms with Gasteiger partial charge in [0.2, 0.25) is 0 Å². The topological polar surface area (TPSA) is 174 Å². The summed E-state index contributed by atoms with van der Waals surface area (Å²) >= 11 is 0. The lowest BCUT2D eigenvalue weighted by Crippen LogP contribution is -2.34. The van der Waals surface area contributed by atoms with Gasteiger partial charge in [-0.3, -0.25) is 0 Å². The standard InChI is InChI=1S/C9H15N3O5.H2O/c1-4(12-17)9-10-2-5(11-9)7(15)8(16)6(14)3-13;/h2,6-8,13-17H,3H2,1H3,(H,10,11);1H2/t6-,7-,8-;/m1./s1. The van der Waals surface area contributed by atoms with Gasteiger partial charge in [-0.25, -0.2) is 4.98 Å². The summed E-state index contributed by atoms with van der Waals surface area (Å²) in [4.78, 5) is 6.43. The molecule has 0 aliphatic carbocycles. The highest BCUT2D eigenvalue weighted by molar-refractivity contribution is 5.94. The zero-order valence-electron chi connectivity index (χ0n) is 9.65. The molecule has 8 N–H and O–H groups in total. The molecule has 1 aromatic heterocycles. The first kappa shape index (κ1) is 16.5. The van der Waals surface area contributed by atoms with Gasteiger partial charge in [-0.15, -0.1) is 0 Å². The number of aromatic nitrogens is 2. The van der Waals surface area contributed by atoms with E-state index in [1.54, 1.807) is 0 Å². The number of rotatable bonds is 5. The molecule has 0 amide bonds. The Kier molecular flexibility index (Phi) is 6.44. The zero-order valence-corrected chi connectivity index (χ0v) is 9.65. The third kappa shape index (κ3) is 3.48. The molecule has 0 saturated heterocycles. The summed E-state index contributed by atoms with van der Waals surface area (Å²) in [5.74, 6) is 0.229. The van der Waals surface area contributed by atoms with Gasteiger partial charge in [-0.2, -0.15) is 0 Å².